The number of fused-ring (bicyclic) bond motifs is 1. The largest absolute Gasteiger partial charge is 0.497 e. The lowest BCUT2D eigenvalue weighted by Gasteiger charge is -2.12. The van der Waals surface area contributed by atoms with Gasteiger partial charge in [-0.1, -0.05) is 12.1 Å². The number of methoxy groups -OCH3 is 1. The number of carbonyl (C=O) groups excluding carboxylic acids is 1. The summed E-state index contributed by atoms with van der Waals surface area (Å²) in [5.41, 5.74) is 3.81. The average molecular weight is 466 g/mol. The number of thiazole rings is 1. The van der Waals surface area contributed by atoms with E-state index < -0.39 is 0 Å². The number of allylic oxidation sites excluding steroid dienone is 1. The minimum Gasteiger partial charge on any atom is -0.497 e. The lowest BCUT2D eigenvalue weighted by molar-refractivity contribution is 0.0526. The average Bonchev–Trinajstić information content (AvgIpc) is 3.45. The molecule has 0 amide bonds. The normalized spacial score (nSPS) is 13.2. The molecule has 0 aliphatic heterocycles. The molecule has 1 aliphatic rings. The van der Waals surface area contributed by atoms with Crippen LogP contribution in [-0.4, -0.2) is 24.7 Å². The Morgan fingerprint density at radius 1 is 1.34 bits per heavy atom. The van der Waals surface area contributed by atoms with E-state index in [-0.39, 0.29) is 5.97 Å². The number of hydrogen-bond acceptors (Lipinski definition) is 8. The van der Waals surface area contributed by atoms with Crippen LogP contribution in [0.3, 0.4) is 0 Å². The van der Waals surface area contributed by atoms with Crippen LogP contribution in [0.5, 0.6) is 5.75 Å². The van der Waals surface area contributed by atoms with Crippen molar-refractivity contribution < 1.29 is 14.3 Å². The lowest BCUT2D eigenvalue weighted by atomic mass is 9.95. The maximum absolute atomic E-state index is 12.6. The number of thiophene rings is 1. The van der Waals surface area contributed by atoms with Gasteiger partial charge in [0, 0.05) is 22.0 Å². The summed E-state index contributed by atoms with van der Waals surface area (Å²) in [4.78, 5) is 18.5. The summed E-state index contributed by atoms with van der Waals surface area (Å²) >= 11 is 2.97. The molecule has 0 radical (unpaired) electrons. The van der Waals surface area contributed by atoms with Crippen LogP contribution < -0.4 is 10.1 Å². The number of esters is 1. The molecule has 32 heavy (non-hydrogen) atoms. The van der Waals surface area contributed by atoms with Crippen molar-refractivity contribution in [3.05, 3.63) is 56.9 Å². The van der Waals surface area contributed by atoms with Crippen LogP contribution in [0.1, 0.15) is 45.6 Å². The van der Waals surface area contributed by atoms with Crippen molar-refractivity contribution in [2.75, 3.05) is 19.0 Å². The maximum Gasteiger partial charge on any atom is 0.341 e. The third-order valence-corrected chi connectivity index (χ3v) is 7.32. The fourth-order valence-electron chi connectivity index (χ4n) is 3.68. The van der Waals surface area contributed by atoms with Gasteiger partial charge in [0.05, 0.1) is 25.0 Å². The number of carbonyl (C=O) groups is 1. The van der Waals surface area contributed by atoms with Crippen LogP contribution in [0.15, 0.2) is 35.8 Å². The smallest absolute Gasteiger partial charge is 0.341 e. The van der Waals surface area contributed by atoms with Gasteiger partial charge < -0.3 is 14.8 Å². The van der Waals surface area contributed by atoms with E-state index in [4.69, 9.17) is 9.47 Å². The first kappa shape index (κ1) is 22.1. The van der Waals surface area contributed by atoms with E-state index in [1.807, 2.05) is 29.6 Å². The quantitative estimate of drug-likeness (QED) is 0.345. The van der Waals surface area contributed by atoms with Gasteiger partial charge in [0.25, 0.3) is 0 Å². The molecular formula is C24H23N3O3S2. The number of nitrogens with zero attached hydrogens (tertiary/aromatic N) is 2. The van der Waals surface area contributed by atoms with E-state index >= 15 is 0 Å². The third-order valence-electron chi connectivity index (χ3n) is 5.22. The molecule has 8 heteroatoms. The molecule has 4 rings (SSSR count). The Kier molecular flexibility index (Phi) is 6.88. The highest BCUT2D eigenvalue weighted by Crippen LogP contribution is 2.39. The Balaban J connectivity index is 1.62. The second kappa shape index (κ2) is 9.98. The summed E-state index contributed by atoms with van der Waals surface area (Å²) in [5, 5.41) is 16.2. The lowest BCUT2D eigenvalue weighted by Crippen LogP contribution is -2.10. The van der Waals surface area contributed by atoms with Crippen molar-refractivity contribution in [2.45, 2.75) is 32.6 Å². The Morgan fingerprint density at radius 3 is 2.97 bits per heavy atom. The summed E-state index contributed by atoms with van der Waals surface area (Å²) in [6.07, 6.45) is 5.68. The SMILES string of the molecule is CCOC(=O)c1c(N/C=C(/C#N)c2nc(-c3cccc(OC)c3)cs2)sc2c1CCCC2. The first-order chi connectivity index (χ1) is 15.6. The number of rotatable bonds is 7. The first-order valence-corrected chi connectivity index (χ1v) is 12.1. The van der Waals surface area contributed by atoms with Gasteiger partial charge in [-0.15, -0.1) is 22.7 Å². The van der Waals surface area contributed by atoms with E-state index in [2.05, 4.69) is 16.4 Å². The number of anilines is 1. The first-order valence-electron chi connectivity index (χ1n) is 10.4. The maximum atomic E-state index is 12.6. The minimum atomic E-state index is -0.309. The van der Waals surface area contributed by atoms with E-state index in [1.54, 1.807) is 31.6 Å². The molecule has 0 saturated carbocycles. The fraction of sp³-hybridized carbons (Fsp3) is 0.292. The number of nitrogens with one attached hydrogen (secondary N) is 1. The fourth-order valence-corrected chi connectivity index (χ4v) is 5.72. The molecule has 1 N–H and O–H groups in total. The number of ether oxygens (including phenoxy) is 2. The molecule has 0 unspecified atom stereocenters. The standard InChI is InChI=1S/C24H23N3O3S2/c1-3-30-24(28)21-18-9-4-5-10-20(18)32-23(21)26-13-16(12-25)22-27-19(14-31-22)15-7-6-8-17(11-15)29-2/h6-8,11,13-14,26H,3-5,9-10H2,1-2H3/b16-13-. The predicted octanol–water partition coefficient (Wildman–Crippen LogP) is 5.91. The summed E-state index contributed by atoms with van der Waals surface area (Å²) in [6.45, 7) is 2.13. The van der Waals surface area contributed by atoms with Crippen molar-refractivity contribution in [1.29, 1.82) is 5.26 Å². The highest BCUT2D eigenvalue weighted by atomic mass is 32.1. The second-order valence-electron chi connectivity index (χ2n) is 7.22. The van der Waals surface area contributed by atoms with E-state index in [0.717, 1.165) is 53.3 Å². The van der Waals surface area contributed by atoms with E-state index in [0.29, 0.717) is 22.8 Å². The molecule has 0 fully saturated rings. The van der Waals surface area contributed by atoms with Crippen LogP contribution in [0.25, 0.3) is 16.8 Å². The number of aryl methyl sites for hydroxylation is 1. The molecule has 3 aromatic rings. The van der Waals surface area contributed by atoms with Gasteiger partial charge >= 0.3 is 5.97 Å². The van der Waals surface area contributed by atoms with Gasteiger partial charge in [-0.05, 0) is 50.3 Å². The summed E-state index contributed by atoms with van der Waals surface area (Å²) < 4.78 is 10.6. The van der Waals surface area contributed by atoms with Crippen molar-refractivity contribution >= 4 is 39.2 Å². The molecule has 164 valence electrons. The van der Waals surface area contributed by atoms with Gasteiger partial charge in [0.2, 0.25) is 0 Å². The molecule has 2 aromatic heterocycles. The highest BCUT2D eigenvalue weighted by molar-refractivity contribution is 7.16. The van der Waals surface area contributed by atoms with Gasteiger partial charge in [-0.2, -0.15) is 5.26 Å². The second-order valence-corrected chi connectivity index (χ2v) is 9.18. The van der Waals surface area contributed by atoms with Crippen molar-refractivity contribution in [2.24, 2.45) is 0 Å². The molecule has 1 aromatic carbocycles. The number of aromatic nitrogens is 1. The van der Waals surface area contributed by atoms with Crippen molar-refractivity contribution in [3.63, 3.8) is 0 Å². The van der Waals surface area contributed by atoms with Gasteiger partial charge in [-0.3, -0.25) is 0 Å². The molecule has 2 heterocycles. The Morgan fingerprint density at radius 2 is 2.19 bits per heavy atom. The molecular weight excluding hydrogens is 442 g/mol. The third kappa shape index (κ3) is 4.54. The molecule has 6 nitrogen and oxygen atoms in total. The van der Waals surface area contributed by atoms with Crippen LogP contribution >= 0.6 is 22.7 Å². The van der Waals surface area contributed by atoms with Gasteiger partial charge in [0.15, 0.2) is 0 Å². The predicted molar refractivity (Wildman–Crippen MR) is 128 cm³/mol. The van der Waals surface area contributed by atoms with Crippen LogP contribution in [0, 0.1) is 11.3 Å². The number of hydrogen-bond donors (Lipinski definition) is 1. The van der Waals surface area contributed by atoms with E-state index in [9.17, 15) is 10.1 Å². The zero-order valence-corrected chi connectivity index (χ0v) is 19.6. The molecule has 0 saturated heterocycles. The Bertz CT molecular complexity index is 1200. The van der Waals surface area contributed by atoms with Crippen LogP contribution in [-0.2, 0) is 17.6 Å². The zero-order chi connectivity index (χ0) is 22.5. The van der Waals surface area contributed by atoms with Gasteiger partial charge in [-0.25, -0.2) is 9.78 Å². The van der Waals surface area contributed by atoms with E-state index in [1.165, 1.54) is 16.2 Å². The van der Waals surface area contributed by atoms with Crippen molar-refractivity contribution in [3.8, 4) is 23.1 Å². The zero-order valence-electron chi connectivity index (χ0n) is 17.9. The molecule has 1 aliphatic carbocycles. The number of benzene rings is 1. The molecule has 0 atom stereocenters. The highest BCUT2D eigenvalue weighted by Gasteiger charge is 2.26. The van der Waals surface area contributed by atoms with Crippen molar-refractivity contribution in [1.82, 2.24) is 4.98 Å². The minimum absolute atomic E-state index is 0.309. The summed E-state index contributed by atoms with van der Waals surface area (Å²) in [5.74, 6) is 0.443. The molecule has 0 bridgehead atoms. The van der Waals surface area contributed by atoms with Crippen LogP contribution in [0.2, 0.25) is 0 Å². The topological polar surface area (TPSA) is 84.2 Å². The van der Waals surface area contributed by atoms with Gasteiger partial charge in [0.1, 0.15) is 27.4 Å². The Labute approximate surface area is 195 Å². The Hall–Kier alpha value is -3.15. The summed E-state index contributed by atoms with van der Waals surface area (Å²) in [6, 6.07) is 9.87. The number of nitriles is 1. The van der Waals surface area contributed by atoms with Crippen LogP contribution in [0.4, 0.5) is 5.00 Å². The monoisotopic (exact) mass is 465 g/mol. The summed E-state index contributed by atoms with van der Waals surface area (Å²) in [7, 11) is 1.63. The molecule has 0 spiro atoms.